The van der Waals surface area contributed by atoms with Gasteiger partial charge in [0.25, 0.3) is 0 Å². The fourth-order valence-electron chi connectivity index (χ4n) is 8.16. The van der Waals surface area contributed by atoms with Crippen molar-refractivity contribution in [3.8, 4) is 0 Å². The smallest absolute Gasteiger partial charge is 0.0528 e. The van der Waals surface area contributed by atoms with Gasteiger partial charge in [0.05, 0.1) is 23.5 Å². The Morgan fingerprint density at radius 1 is 0.533 bits per heavy atom. The van der Waals surface area contributed by atoms with E-state index in [1.807, 2.05) is 0 Å². The lowest BCUT2D eigenvalue weighted by Crippen LogP contribution is -2.37. The molecule has 8 atom stereocenters. The van der Waals surface area contributed by atoms with E-state index >= 15 is 0 Å². The first kappa shape index (κ1) is 22.5. The fourth-order valence-corrected chi connectivity index (χ4v) is 8.16. The van der Waals surface area contributed by atoms with Gasteiger partial charge >= 0.3 is 0 Å². The van der Waals surface area contributed by atoms with Gasteiger partial charge in [0.1, 0.15) is 0 Å². The van der Waals surface area contributed by atoms with Gasteiger partial charge in [-0.25, -0.2) is 0 Å². The van der Waals surface area contributed by atoms with Crippen molar-refractivity contribution < 1.29 is 0 Å². The molecule has 4 fully saturated rings. The number of hydrogen-bond acceptors (Lipinski definition) is 2. The van der Waals surface area contributed by atoms with Gasteiger partial charge in [-0.15, -0.1) is 0 Å². The molecule has 7 unspecified atom stereocenters. The maximum Gasteiger partial charge on any atom is 0.0528 e. The van der Waals surface area contributed by atoms with Crippen LogP contribution in [0.1, 0.15) is 118 Å². The summed E-state index contributed by atoms with van der Waals surface area (Å²) in [6.45, 7) is 9.26. The number of rotatable bonds is 5. The molecule has 0 aromatic rings. The minimum atomic E-state index is 0.466. The normalized spacial score (nSPS) is 40.3. The lowest BCUT2D eigenvalue weighted by molar-refractivity contribution is 0.0907. The Bertz CT molecular complexity index is 562. The summed E-state index contributed by atoms with van der Waals surface area (Å²) in [5.41, 5.74) is 2.42. The predicted molar refractivity (Wildman–Crippen MR) is 131 cm³/mol. The van der Waals surface area contributed by atoms with Gasteiger partial charge in [-0.05, 0) is 88.9 Å². The Hall–Kier alpha value is -0.660. The molecule has 4 aliphatic rings. The fraction of sp³-hybridized carbons (Fsp3) is 0.929. The molecule has 2 heteroatoms. The van der Waals surface area contributed by atoms with Gasteiger partial charge in [-0.2, -0.15) is 0 Å². The average molecular weight is 413 g/mol. The molecule has 0 bridgehead atoms. The molecule has 0 radical (unpaired) electrons. The van der Waals surface area contributed by atoms with E-state index < -0.39 is 0 Å². The molecule has 4 rings (SSSR count). The van der Waals surface area contributed by atoms with Crippen LogP contribution in [0.5, 0.6) is 0 Å². The molecule has 0 spiro atoms. The first-order valence-corrected chi connectivity index (χ1v) is 13.6. The molecule has 0 aliphatic heterocycles. The standard InChI is InChI=1S/C28H48N2/c1-19(29-21(3)25-17-9-13-23-11-5-7-15-27(23)25)20(2)30-22(4)26-18-10-14-24-12-6-8-16-28(24)26/h21-28H,5-18H2,1-4H3/t21-,22?,23?,24?,25?,26?,27?,28?/m0/s1. The third-order valence-corrected chi connectivity index (χ3v) is 9.82. The molecule has 0 aromatic carbocycles. The van der Waals surface area contributed by atoms with E-state index in [9.17, 15) is 0 Å². The van der Waals surface area contributed by atoms with Gasteiger partial charge in [0.15, 0.2) is 0 Å². The lowest BCUT2D eigenvalue weighted by atomic mass is 9.64. The quantitative estimate of drug-likeness (QED) is 0.410. The van der Waals surface area contributed by atoms with Crippen LogP contribution in [-0.2, 0) is 0 Å². The van der Waals surface area contributed by atoms with Crippen molar-refractivity contribution in [2.45, 2.75) is 130 Å². The van der Waals surface area contributed by atoms with E-state index in [0.717, 1.165) is 35.5 Å². The van der Waals surface area contributed by atoms with Crippen molar-refractivity contribution in [3.63, 3.8) is 0 Å². The van der Waals surface area contributed by atoms with E-state index in [-0.39, 0.29) is 0 Å². The minimum Gasteiger partial charge on any atom is -0.285 e. The second-order valence-electron chi connectivity index (χ2n) is 11.5. The maximum atomic E-state index is 5.26. The third kappa shape index (κ3) is 5.04. The number of aliphatic imine (C=N–C) groups is 2. The SMILES string of the molecule is CC(=NC(C)C1CCCC2CCCCC21)C(C)=N[C@@H](C)C1CCCC2CCCCC21. The summed E-state index contributed by atoms with van der Waals surface area (Å²) in [6.07, 6.45) is 20.4. The van der Waals surface area contributed by atoms with Crippen LogP contribution in [0, 0.1) is 35.5 Å². The van der Waals surface area contributed by atoms with Gasteiger partial charge in [0, 0.05) is 0 Å². The summed E-state index contributed by atoms with van der Waals surface area (Å²) < 4.78 is 0. The largest absolute Gasteiger partial charge is 0.285 e. The molecule has 0 amide bonds. The molecular weight excluding hydrogens is 364 g/mol. The van der Waals surface area contributed by atoms with E-state index in [0.29, 0.717) is 12.1 Å². The highest BCUT2D eigenvalue weighted by Crippen LogP contribution is 2.46. The number of hydrogen-bond donors (Lipinski definition) is 0. The van der Waals surface area contributed by atoms with Gasteiger partial charge < -0.3 is 0 Å². The van der Waals surface area contributed by atoms with Crippen molar-refractivity contribution in [3.05, 3.63) is 0 Å². The monoisotopic (exact) mass is 412 g/mol. The van der Waals surface area contributed by atoms with E-state index in [4.69, 9.17) is 9.98 Å². The Kier molecular flexibility index (Phi) is 7.74. The molecule has 0 heterocycles. The molecule has 170 valence electrons. The van der Waals surface area contributed by atoms with Crippen LogP contribution in [0.4, 0.5) is 0 Å². The Balaban J connectivity index is 1.40. The van der Waals surface area contributed by atoms with Crippen LogP contribution in [0.25, 0.3) is 0 Å². The molecule has 30 heavy (non-hydrogen) atoms. The van der Waals surface area contributed by atoms with Crippen molar-refractivity contribution in [2.75, 3.05) is 0 Å². The molecule has 4 saturated carbocycles. The predicted octanol–water partition coefficient (Wildman–Crippen LogP) is 7.90. The molecular formula is C28H48N2. The Morgan fingerprint density at radius 2 is 0.900 bits per heavy atom. The van der Waals surface area contributed by atoms with Crippen LogP contribution < -0.4 is 0 Å². The van der Waals surface area contributed by atoms with Gasteiger partial charge in [-0.3, -0.25) is 9.98 Å². The molecule has 0 saturated heterocycles. The second kappa shape index (κ2) is 10.3. The van der Waals surface area contributed by atoms with E-state index in [2.05, 4.69) is 27.7 Å². The van der Waals surface area contributed by atoms with Gasteiger partial charge in [-0.1, -0.05) is 64.2 Å². The first-order chi connectivity index (χ1) is 14.5. The maximum absolute atomic E-state index is 5.26. The topological polar surface area (TPSA) is 24.7 Å². The van der Waals surface area contributed by atoms with Crippen molar-refractivity contribution in [2.24, 2.45) is 45.5 Å². The summed E-state index contributed by atoms with van der Waals surface area (Å²) in [5, 5.41) is 0. The van der Waals surface area contributed by atoms with Crippen LogP contribution >= 0.6 is 0 Å². The first-order valence-electron chi connectivity index (χ1n) is 13.6. The Morgan fingerprint density at radius 3 is 1.33 bits per heavy atom. The summed E-state index contributed by atoms with van der Waals surface area (Å²) >= 11 is 0. The van der Waals surface area contributed by atoms with Crippen molar-refractivity contribution >= 4 is 11.4 Å². The van der Waals surface area contributed by atoms with Gasteiger partial charge in [0.2, 0.25) is 0 Å². The minimum absolute atomic E-state index is 0.466. The zero-order chi connectivity index (χ0) is 21.1. The van der Waals surface area contributed by atoms with Crippen molar-refractivity contribution in [1.29, 1.82) is 0 Å². The number of nitrogens with zero attached hydrogens (tertiary/aromatic N) is 2. The Labute approximate surface area is 186 Å². The van der Waals surface area contributed by atoms with Crippen LogP contribution in [0.3, 0.4) is 0 Å². The van der Waals surface area contributed by atoms with Crippen LogP contribution in [0.2, 0.25) is 0 Å². The highest BCUT2D eigenvalue weighted by Gasteiger charge is 2.38. The van der Waals surface area contributed by atoms with Crippen LogP contribution in [-0.4, -0.2) is 23.5 Å². The highest BCUT2D eigenvalue weighted by molar-refractivity contribution is 6.40. The highest BCUT2D eigenvalue weighted by atomic mass is 14.9. The lowest BCUT2D eigenvalue weighted by Gasteiger charge is -2.43. The second-order valence-corrected chi connectivity index (χ2v) is 11.5. The summed E-state index contributed by atoms with van der Waals surface area (Å²) in [5.74, 6) is 5.51. The van der Waals surface area contributed by atoms with E-state index in [1.165, 1.54) is 101 Å². The van der Waals surface area contributed by atoms with E-state index in [1.54, 1.807) is 0 Å². The molecule has 0 N–H and O–H groups in total. The summed E-state index contributed by atoms with van der Waals surface area (Å²) in [7, 11) is 0. The molecule has 0 aromatic heterocycles. The molecule has 2 nitrogen and oxygen atoms in total. The summed E-state index contributed by atoms with van der Waals surface area (Å²) in [6, 6.07) is 0.933. The number of fused-ring (bicyclic) bond motifs is 2. The third-order valence-electron chi connectivity index (χ3n) is 9.82. The molecule has 4 aliphatic carbocycles. The zero-order valence-corrected chi connectivity index (χ0v) is 20.4. The van der Waals surface area contributed by atoms with Crippen molar-refractivity contribution in [1.82, 2.24) is 0 Å². The zero-order valence-electron chi connectivity index (χ0n) is 20.4. The van der Waals surface area contributed by atoms with Crippen LogP contribution in [0.15, 0.2) is 9.98 Å². The summed E-state index contributed by atoms with van der Waals surface area (Å²) in [4.78, 5) is 10.5. The average Bonchev–Trinajstić information content (AvgIpc) is 2.78.